The van der Waals surface area contributed by atoms with Crippen LogP contribution in [0.25, 0.3) is 0 Å². The second-order valence-corrected chi connectivity index (χ2v) is 9.92. The van der Waals surface area contributed by atoms with Crippen molar-refractivity contribution in [2.45, 2.75) is 12.5 Å². The molecule has 0 bridgehead atoms. The van der Waals surface area contributed by atoms with Crippen molar-refractivity contribution in [3.63, 3.8) is 0 Å². The Bertz CT molecular complexity index is 990. The van der Waals surface area contributed by atoms with Crippen LogP contribution in [0.15, 0.2) is 35.7 Å². The number of likely N-dealkylation sites (N-methyl/N-ethyl adjacent to an activating group) is 1. The fourth-order valence-electron chi connectivity index (χ4n) is 2.99. The largest absolute Gasteiger partial charge is 0.350 e. The number of halogens is 1. The average Bonchev–Trinajstić information content (AvgIpc) is 3.22. The number of rotatable bonds is 6. The number of nitrogens with one attached hydrogen (secondary N) is 1. The Hall–Kier alpha value is -1.94. The van der Waals surface area contributed by atoms with E-state index in [1.807, 2.05) is 36.5 Å². The molecule has 3 rings (SSSR count). The zero-order valence-electron chi connectivity index (χ0n) is 15.4. The van der Waals surface area contributed by atoms with Gasteiger partial charge in [-0.2, -0.15) is 0 Å². The molecule has 0 spiro atoms. The van der Waals surface area contributed by atoms with Crippen molar-refractivity contribution in [2.24, 2.45) is 0 Å². The monoisotopic (exact) mass is 441 g/mol. The third-order valence-electron chi connectivity index (χ3n) is 4.46. The molecule has 0 radical (unpaired) electrons. The predicted molar refractivity (Wildman–Crippen MR) is 110 cm³/mol. The standard InChI is InChI=1S/C18H20ClN3O4S2/c1-21(2)15(16-4-3-8-27-16)11-20-18(24)13-6-5-12(10-14(13)19)22-17(23)7-9-28(22,25)26/h3-6,8,10,15H,7,9,11H2,1-2H3,(H,20,24). The van der Waals surface area contributed by atoms with Gasteiger partial charge in [0.1, 0.15) is 0 Å². The fourth-order valence-corrected chi connectivity index (χ4v) is 5.62. The number of hydrogen-bond donors (Lipinski definition) is 1. The van der Waals surface area contributed by atoms with Crippen molar-refractivity contribution in [1.82, 2.24) is 10.2 Å². The number of hydrogen-bond acceptors (Lipinski definition) is 6. The molecule has 1 saturated heterocycles. The molecule has 2 heterocycles. The van der Waals surface area contributed by atoms with Gasteiger partial charge in [-0.1, -0.05) is 17.7 Å². The van der Waals surface area contributed by atoms with Gasteiger partial charge < -0.3 is 10.2 Å². The lowest BCUT2D eigenvalue weighted by Crippen LogP contribution is -2.34. The number of carbonyl (C=O) groups is 2. The van der Waals surface area contributed by atoms with Crippen LogP contribution in [0, 0.1) is 0 Å². The van der Waals surface area contributed by atoms with Crippen molar-refractivity contribution in [3.8, 4) is 0 Å². The second-order valence-electron chi connectivity index (χ2n) is 6.59. The molecule has 1 unspecified atom stereocenters. The molecule has 10 heteroatoms. The van der Waals surface area contributed by atoms with Crippen molar-refractivity contribution in [1.29, 1.82) is 0 Å². The van der Waals surface area contributed by atoms with Crippen molar-refractivity contribution < 1.29 is 18.0 Å². The summed E-state index contributed by atoms with van der Waals surface area (Å²) in [5.41, 5.74) is 0.368. The third-order valence-corrected chi connectivity index (χ3v) is 7.44. The molecule has 1 aliphatic heterocycles. The summed E-state index contributed by atoms with van der Waals surface area (Å²) in [4.78, 5) is 27.6. The van der Waals surface area contributed by atoms with Gasteiger partial charge >= 0.3 is 0 Å². The number of amides is 2. The van der Waals surface area contributed by atoms with E-state index < -0.39 is 15.9 Å². The first-order chi connectivity index (χ1) is 13.2. The Morgan fingerprint density at radius 1 is 1.36 bits per heavy atom. The number of benzene rings is 1. The van der Waals surface area contributed by atoms with Crippen LogP contribution in [0.3, 0.4) is 0 Å². The molecule has 1 atom stereocenters. The smallest absolute Gasteiger partial charge is 0.252 e. The highest BCUT2D eigenvalue weighted by molar-refractivity contribution is 7.94. The first-order valence-electron chi connectivity index (χ1n) is 8.54. The van der Waals surface area contributed by atoms with Crippen molar-refractivity contribution in [3.05, 3.63) is 51.2 Å². The second kappa shape index (κ2) is 8.20. The van der Waals surface area contributed by atoms with Gasteiger partial charge in [-0.25, -0.2) is 12.7 Å². The molecule has 0 saturated carbocycles. The van der Waals surface area contributed by atoms with Crippen LogP contribution in [0.5, 0.6) is 0 Å². The van der Waals surface area contributed by atoms with Gasteiger partial charge in [0, 0.05) is 17.8 Å². The van der Waals surface area contributed by atoms with Crippen molar-refractivity contribution in [2.75, 3.05) is 30.7 Å². The summed E-state index contributed by atoms with van der Waals surface area (Å²) in [5, 5.41) is 4.94. The molecule has 7 nitrogen and oxygen atoms in total. The van der Waals surface area contributed by atoms with Crippen LogP contribution in [0.2, 0.25) is 5.02 Å². The minimum Gasteiger partial charge on any atom is -0.350 e. The number of sulfonamides is 1. The van der Waals surface area contributed by atoms with Crippen LogP contribution >= 0.6 is 22.9 Å². The molecule has 2 amide bonds. The van der Waals surface area contributed by atoms with Crippen LogP contribution in [-0.2, 0) is 14.8 Å². The van der Waals surface area contributed by atoms with Gasteiger partial charge in [0.05, 0.1) is 28.1 Å². The first-order valence-corrected chi connectivity index (χ1v) is 11.4. The van der Waals surface area contributed by atoms with Crippen LogP contribution in [0.1, 0.15) is 27.7 Å². The summed E-state index contributed by atoms with van der Waals surface area (Å²) < 4.78 is 24.8. The van der Waals surface area contributed by atoms with E-state index in [-0.39, 0.29) is 40.4 Å². The van der Waals surface area contributed by atoms with E-state index in [0.717, 1.165) is 9.18 Å². The summed E-state index contributed by atoms with van der Waals surface area (Å²) >= 11 is 7.83. The molecule has 2 aromatic rings. The molecule has 1 N–H and O–H groups in total. The lowest BCUT2D eigenvalue weighted by Gasteiger charge is -2.23. The zero-order chi connectivity index (χ0) is 20.5. The number of nitrogens with zero attached hydrogens (tertiary/aromatic N) is 2. The minimum atomic E-state index is -3.68. The van der Waals surface area contributed by atoms with E-state index >= 15 is 0 Å². The van der Waals surface area contributed by atoms with Gasteiger partial charge in [-0.3, -0.25) is 9.59 Å². The lowest BCUT2D eigenvalue weighted by molar-refractivity contribution is -0.116. The van der Waals surface area contributed by atoms with E-state index in [4.69, 9.17) is 11.6 Å². The third kappa shape index (κ3) is 4.22. The van der Waals surface area contributed by atoms with Gasteiger partial charge in [0.2, 0.25) is 15.9 Å². The number of anilines is 1. The highest BCUT2D eigenvalue weighted by Crippen LogP contribution is 2.29. The lowest BCUT2D eigenvalue weighted by atomic mass is 10.1. The normalized spacial score (nSPS) is 17.1. The molecular formula is C18H20ClN3O4S2. The topological polar surface area (TPSA) is 86.8 Å². The number of carbonyl (C=O) groups excluding carboxylic acids is 2. The summed E-state index contributed by atoms with van der Waals surface area (Å²) in [7, 11) is 0.198. The summed E-state index contributed by atoms with van der Waals surface area (Å²) in [6.45, 7) is 0.392. The molecule has 1 fully saturated rings. The van der Waals surface area contributed by atoms with Gasteiger partial charge in [0.15, 0.2) is 0 Å². The molecule has 0 aliphatic carbocycles. The van der Waals surface area contributed by atoms with Crippen molar-refractivity contribution >= 4 is 50.5 Å². The Labute approximate surface area is 172 Å². The Kier molecular flexibility index (Phi) is 6.09. The van der Waals surface area contributed by atoms with E-state index in [2.05, 4.69) is 5.32 Å². The van der Waals surface area contributed by atoms with E-state index in [0.29, 0.717) is 6.54 Å². The fraction of sp³-hybridized carbons (Fsp3) is 0.333. The molecule has 1 aliphatic rings. The Balaban J connectivity index is 1.75. The molecular weight excluding hydrogens is 422 g/mol. The van der Waals surface area contributed by atoms with E-state index in [1.165, 1.54) is 18.2 Å². The summed E-state index contributed by atoms with van der Waals surface area (Å²) in [5.74, 6) is -1.09. The highest BCUT2D eigenvalue weighted by atomic mass is 35.5. The Morgan fingerprint density at radius 3 is 2.64 bits per heavy atom. The maximum atomic E-state index is 12.6. The molecule has 28 heavy (non-hydrogen) atoms. The zero-order valence-corrected chi connectivity index (χ0v) is 17.8. The van der Waals surface area contributed by atoms with Gasteiger partial charge in [0.25, 0.3) is 5.91 Å². The molecule has 150 valence electrons. The first kappa shape index (κ1) is 20.8. The summed E-state index contributed by atoms with van der Waals surface area (Å²) in [6.07, 6.45) is -0.0587. The van der Waals surface area contributed by atoms with Gasteiger partial charge in [-0.15, -0.1) is 11.3 Å². The van der Waals surface area contributed by atoms with Crippen LogP contribution in [0.4, 0.5) is 5.69 Å². The van der Waals surface area contributed by atoms with E-state index in [1.54, 1.807) is 11.3 Å². The van der Waals surface area contributed by atoms with Crippen LogP contribution in [-0.4, -0.2) is 51.5 Å². The van der Waals surface area contributed by atoms with Gasteiger partial charge in [-0.05, 0) is 43.7 Å². The summed E-state index contributed by atoms with van der Waals surface area (Å²) in [6, 6.07) is 8.18. The minimum absolute atomic E-state index is 0.0226. The maximum absolute atomic E-state index is 12.6. The number of thiophene rings is 1. The SMILES string of the molecule is CN(C)C(CNC(=O)c1ccc(N2C(=O)CCS2(=O)=O)cc1Cl)c1cccs1. The quantitative estimate of drug-likeness (QED) is 0.744. The predicted octanol–water partition coefficient (Wildman–Crippen LogP) is 2.50. The maximum Gasteiger partial charge on any atom is 0.252 e. The molecule has 1 aromatic carbocycles. The molecule has 1 aromatic heterocycles. The average molecular weight is 442 g/mol. The van der Waals surface area contributed by atoms with E-state index in [9.17, 15) is 18.0 Å². The van der Waals surface area contributed by atoms with Crippen LogP contribution < -0.4 is 9.62 Å². The Morgan fingerprint density at radius 2 is 2.11 bits per heavy atom. The highest BCUT2D eigenvalue weighted by Gasteiger charge is 2.36.